The van der Waals surface area contributed by atoms with Crippen molar-refractivity contribution < 1.29 is 0 Å². The van der Waals surface area contributed by atoms with Crippen molar-refractivity contribution in [2.45, 2.75) is 46.6 Å². The third kappa shape index (κ3) is 3.38. The molecular weight excluding hydrogens is 250 g/mol. The lowest BCUT2D eigenvalue weighted by molar-refractivity contribution is 0.858. The van der Waals surface area contributed by atoms with Crippen molar-refractivity contribution in [2.75, 3.05) is 5.32 Å². The Morgan fingerprint density at radius 2 is 1.79 bits per heavy atom. The van der Waals surface area contributed by atoms with Crippen LogP contribution in [0.1, 0.15) is 53.6 Å². The second kappa shape index (κ2) is 5.79. The Labute approximate surface area is 120 Å². The molecule has 102 valence electrons. The van der Waals surface area contributed by atoms with Gasteiger partial charge in [0.1, 0.15) is 0 Å². The van der Waals surface area contributed by atoms with Gasteiger partial charge in [-0.15, -0.1) is 11.3 Å². The van der Waals surface area contributed by atoms with Crippen molar-refractivity contribution in [1.82, 2.24) is 0 Å². The maximum Gasteiger partial charge on any atom is 0.0496 e. The van der Waals surface area contributed by atoms with Crippen LogP contribution in [0, 0.1) is 13.8 Å². The Kier molecular flexibility index (Phi) is 4.31. The summed E-state index contributed by atoms with van der Waals surface area (Å²) in [7, 11) is 0. The van der Waals surface area contributed by atoms with E-state index in [4.69, 9.17) is 0 Å². The molecule has 2 rings (SSSR count). The number of rotatable bonds is 4. The van der Waals surface area contributed by atoms with Gasteiger partial charge in [0, 0.05) is 21.5 Å². The van der Waals surface area contributed by atoms with E-state index < -0.39 is 0 Å². The van der Waals surface area contributed by atoms with Gasteiger partial charge in [-0.2, -0.15) is 0 Å². The molecule has 1 unspecified atom stereocenters. The van der Waals surface area contributed by atoms with Gasteiger partial charge in [-0.25, -0.2) is 0 Å². The van der Waals surface area contributed by atoms with Gasteiger partial charge in [-0.3, -0.25) is 0 Å². The van der Waals surface area contributed by atoms with Gasteiger partial charge >= 0.3 is 0 Å². The topological polar surface area (TPSA) is 12.0 Å². The fraction of sp³-hybridized carbons (Fsp3) is 0.412. The summed E-state index contributed by atoms with van der Waals surface area (Å²) in [4.78, 5) is 2.80. The predicted molar refractivity (Wildman–Crippen MR) is 86.4 cm³/mol. The molecule has 0 bridgehead atoms. The van der Waals surface area contributed by atoms with Crippen LogP contribution in [0.2, 0.25) is 0 Å². The summed E-state index contributed by atoms with van der Waals surface area (Å²) >= 11 is 1.88. The molecule has 0 aliphatic heterocycles. The van der Waals surface area contributed by atoms with E-state index in [1.54, 1.807) is 0 Å². The molecule has 0 saturated carbocycles. The molecule has 0 fully saturated rings. The number of aryl methyl sites for hydroxylation is 2. The molecule has 2 aromatic rings. The van der Waals surface area contributed by atoms with E-state index in [1.807, 2.05) is 11.3 Å². The van der Waals surface area contributed by atoms with Gasteiger partial charge in [-0.1, -0.05) is 26.0 Å². The molecular formula is C17H23NS. The van der Waals surface area contributed by atoms with E-state index in [2.05, 4.69) is 70.3 Å². The van der Waals surface area contributed by atoms with Crippen LogP contribution >= 0.6 is 11.3 Å². The van der Waals surface area contributed by atoms with E-state index >= 15 is 0 Å². The zero-order valence-corrected chi connectivity index (χ0v) is 13.3. The van der Waals surface area contributed by atoms with E-state index in [0.717, 1.165) is 0 Å². The lowest BCUT2D eigenvalue weighted by Gasteiger charge is -2.17. The average Bonchev–Trinajstić information content (AvgIpc) is 2.69. The smallest absolute Gasteiger partial charge is 0.0496 e. The van der Waals surface area contributed by atoms with Gasteiger partial charge in [0.05, 0.1) is 0 Å². The van der Waals surface area contributed by atoms with Crippen molar-refractivity contribution >= 4 is 17.0 Å². The normalized spacial score (nSPS) is 12.7. The molecule has 2 heteroatoms. The summed E-state index contributed by atoms with van der Waals surface area (Å²) in [5, 5.41) is 3.61. The van der Waals surface area contributed by atoms with Crippen LogP contribution in [-0.4, -0.2) is 0 Å². The first-order valence-electron chi connectivity index (χ1n) is 6.91. The Morgan fingerprint density at radius 1 is 1.05 bits per heavy atom. The molecule has 0 saturated heterocycles. The van der Waals surface area contributed by atoms with Crippen LogP contribution in [0.5, 0.6) is 0 Å². The average molecular weight is 273 g/mol. The van der Waals surface area contributed by atoms with Crippen molar-refractivity contribution in [2.24, 2.45) is 0 Å². The number of hydrogen-bond donors (Lipinski definition) is 1. The first-order chi connectivity index (χ1) is 8.97. The second-order valence-electron chi connectivity index (χ2n) is 5.51. The summed E-state index contributed by atoms with van der Waals surface area (Å²) in [6, 6.07) is 11.4. The lowest BCUT2D eigenvalue weighted by atomic mass is 10.0. The van der Waals surface area contributed by atoms with Crippen molar-refractivity contribution in [3.05, 3.63) is 51.2 Å². The Morgan fingerprint density at radius 3 is 2.37 bits per heavy atom. The number of hydrogen-bond acceptors (Lipinski definition) is 2. The fourth-order valence-corrected chi connectivity index (χ4v) is 3.42. The monoisotopic (exact) mass is 273 g/mol. The van der Waals surface area contributed by atoms with Gasteiger partial charge < -0.3 is 5.32 Å². The molecule has 19 heavy (non-hydrogen) atoms. The largest absolute Gasteiger partial charge is 0.378 e. The number of benzene rings is 1. The molecule has 1 aromatic carbocycles. The van der Waals surface area contributed by atoms with Crippen LogP contribution < -0.4 is 5.32 Å². The predicted octanol–water partition coefficient (Wildman–Crippen LogP) is 5.66. The highest BCUT2D eigenvalue weighted by Crippen LogP contribution is 2.29. The molecule has 0 spiro atoms. The molecule has 1 heterocycles. The fourth-order valence-electron chi connectivity index (χ4n) is 2.40. The van der Waals surface area contributed by atoms with Crippen LogP contribution in [0.15, 0.2) is 30.3 Å². The minimum Gasteiger partial charge on any atom is -0.378 e. The Bertz CT molecular complexity index is 554. The molecule has 1 atom stereocenters. The Balaban J connectivity index is 2.17. The molecule has 0 amide bonds. The van der Waals surface area contributed by atoms with E-state index in [1.165, 1.54) is 26.6 Å². The third-order valence-electron chi connectivity index (χ3n) is 3.48. The van der Waals surface area contributed by atoms with Crippen LogP contribution in [0.4, 0.5) is 5.69 Å². The highest BCUT2D eigenvalue weighted by Gasteiger charge is 2.11. The van der Waals surface area contributed by atoms with Gasteiger partial charge in [-0.05, 0) is 56.0 Å². The lowest BCUT2D eigenvalue weighted by Crippen LogP contribution is -2.07. The zero-order valence-electron chi connectivity index (χ0n) is 12.4. The first kappa shape index (κ1) is 14.1. The van der Waals surface area contributed by atoms with Gasteiger partial charge in [0.2, 0.25) is 0 Å². The minimum atomic E-state index is 0.354. The molecule has 1 N–H and O–H groups in total. The van der Waals surface area contributed by atoms with Gasteiger partial charge in [0.15, 0.2) is 0 Å². The quantitative estimate of drug-likeness (QED) is 0.757. The van der Waals surface area contributed by atoms with Gasteiger partial charge in [0.25, 0.3) is 0 Å². The SMILES string of the molecule is Cc1cc(C(C)Nc2cccc(C(C)C)c2)c(C)s1. The van der Waals surface area contributed by atoms with Crippen molar-refractivity contribution in [3.63, 3.8) is 0 Å². The van der Waals surface area contributed by atoms with Crippen LogP contribution in [0.25, 0.3) is 0 Å². The Hall–Kier alpha value is -1.28. The summed E-state index contributed by atoms with van der Waals surface area (Å²) < 4.78 is 0. The molecule has 1 aromatic heterocycles. The van der Waals surface area contributed by atoms with Crippen molar-refractivity contribution in [1.29, 1.82) is 0 Å². The number of thiophene rings is 1. The summed E-state index contributed by atoms with van der Waals surface area (Å²) in [6.45, 7) is 11.1. The molecule has 0 aliphatic carbocycles. The highest BCUT2D eigenvalue weighted by molar-refractivity contribution is 7.12. The van der Waals surface area contributed by atoms with E-state index in [0.29, 0.717) is 12.0 Å². The first-order valence-corrected chi connectivity index (χ1v) is 7.72. The molecule has 0 radical (unpaired) electrons. The third-order valence-corrected chi connectivity index (χ3v) is 4.46. The van der Waals surface area contributed by atoms with Crippen molar-refractivity contribution in [3.8, 4) is 0 Å². The van der Waals surface area contributed by atoms with E-state index in [-0.39, 0.29) is 0 Å². The maximum atomic E-state index is 3.61. The standard InChI is InChI=1S/C17H23NS/c1-11(2)15-7-6-8-16(10-15)18-13(4)17-9-12(3)19-14(17)5/h6-11,13,18H,1-5H3. The summed E-state index contributed by atoms with van der Waals surface area (Å²) in [6.07, 6.45) is 0. The highest BCUT2D eigenvalue weighted by atomic mass is 32.1. The summed E-state index contributed by atoms with van der Waals surface area (Å²) in [5.41, 5.74) is 4.01. The van der Waals surface area contributed by atoms with E-state index in [9.17, 15) is 0 Å². The van der Waals surface area contributed by atoms with Crippen LogP contribution in [-0.2, 0) is 0 Å². The minimum absolute atomic E-state index is 0.354. The number of anilines is 1. The number of nitrogens with one attached hydrogen (secondary N) is 1. The second-order valence-corrected chi connectivity index (χ2v) is 6.98. The molecule has 0 aliphatic rings. The van der Waals surface area contributed by atoms with Crippen LogP contribution in [0.3, 0.4) is 0 Å². The maximum absolute atomic E-state index is 3.61. The zero-order chi connectivity index (χ0) is 14.0. The molecule has 1 nitrogen and oxygen atoms in total. The summed E-state index contributed by atoms with van der Waals surface area (Å²) in [5.74, 6) is 0.571.